The molecule has 0 aliphatic heterocycles. The van der Waals surface area contributed by atoms with Gasteiger partial charge in [0.2, 0.25) is 0 Å². The van der Waals surface area contributed by atoms with Crippen LogP contribution in [0.15, 0.2) is 12.1 Å². The molecule has 1 aromatic rings. The van der Waals surface area contributed by atoms with Crippen molar-refractivity contribution in [3.05, 3.63) is 29.1 Å². The van der Waals surface area contributed by atoms with Crippen LogP contribution >= 0.6 is 0 Å². The minimum absolute atomic E-state index is 0.403. The van der Waals surface area contributed by atoms with Gasteiger partial charge in [-0.25, -0.2) is 9.18 Å². The molecule has 0 bridgehead atoms. The number of benzene rings is 1. The number of alkyl halides is 3. The van der Waals surface area contributed by atoms with Crippen molar-refractivity contribution >= 4 is 11.7 Å². The Hall–Kier alpha value is -1.83. The van der Waals surface area contributed by atoms with Crippen molar-refractivity contribution in [3.63, 3.8) is 0 Å². The summed E-state index contributed by atoms with van der Waals surface area (Å²) in [6.07, 6.45) is -7.31. The number of nitrogen functional groups attached to an aromatic ring is 1. The molecule has 4 nitrogen and oxygen atoms in total. The fourth-order valence-corrected chi connectivity index (χ4v) is 1.27. The first-order valence-electron chi connectivity index (χ1n) is 4.22. The predicted octanol–water partition coefficient (Wildman–Crippen LogP) is 1.54. The van der Waals surface area contributed by atoms with Gasteiger partial charge in [0.1, 0.15) is 11.4 Å². The van der Waals surface area contributed by atoms with Crippen LogP contribution in [0.5, 0.6) is 0 Å². The summed E-state index contributed by atoms with van der Waals surface area (Å²) in [6.45, 7) is 0. The lowest BCUT2D eigenvalue weighted by Gasteiger charge is -2.16. The van der Waals surface area contributed by atoms with Crippen LogP contribution in [-0.4, -0.2) is 16.2 Å². The number of hydrogen-bond acceptors (Lipinski definition) is 3. The van der Waals surface area contributed by atoms with Crippen LogP contribution in [0.3, 0.4) is 0 Å². The monoisotopic (exact) mass is 253 g/mol. The second-order valence-electron chi connectivity index (χ2n) is 3.16. The summed E-state index contributed by atoms with van der Waals surface area (Å²) in [5.74, 6) is -3.41. The summed E-state index contributed by atoms with van der Waals surface area (Å²) in [4.78, 5) is 10.4. The maximum atomic E-state index is 13.0. The Morgan fingerprint density at radius 3 is 2.29 bits per heavy atom. The molecule has 0 aliphatic carbocycles. The maximum absolute atomic E-state index is 13.0. The highest BCUT2D eigenvalue weighted by Crippen LogP contribution is 2.38. The van der Waals surface area contributed by atoms with Gasteiger partial charge in [-0.3, -0.25) is 0 Å². The predicted molar refractivity (Wildman–Crippen MR) is 48.4 cm³/mol. The van der Waals surface area contributed by atoms with Gasteiger partial charge in [0.05, 0.1) is 5.69 Å². The Balaban J connectivity index is 3.44. The Bertz CT molecular complexity index is 458. The van der Waals surface area contributed by atoms with Gasteiger partial charge in [-0.1, -0.05) is 6.07 Å². The number of carbonyl (C=O) groups is 1. The molecule has 0 heterocycles. The minimum atomic E-state index is -5.07. The van der Waals surface area contributed by atoms with Gasteiger partial charge >= 0.3 is 12.1 Å². The second kappa shape index (κ2) is 4.21. The van der Waals surface area contributed by atoms with Crippen LogP contribution in [0.1, 0.15) is 17.2 Å². The van der Waals surface area contributed by atoms with E-state index in [2.05, 4.69) is 0 Å². The zero-order chi connectivity index (χ0) is 13.4. The van der Waals surface area contributed by atoms with E-state index in [0.717, 1.165) is 0 Å². The van der Waals surface area contributed by atoms with Crippen molar-refractivity contribution in [2.24, 2.45) is 0 Å². The third-order valence-corrected chi connectivity index (χ3v) is 2.04. The van der Waals surface area contributed by atoms with Gasteiger partial charge in [-0.05, 0) is 6.07 Å². The molecule has 0 aliphatic rings. The van der Waals surface area contributed by atoms with E-state index in [1.165, 1.54) is 0 Å². The molecule has 0 radical (unpaired) electrons. The zero-order valence-corrected chi connectivity index (χ0v) is 8.12. The molecule has 0 fully saturated rings. The van der Waals surface area contributed by atoms with Crippen LogP contribution in [0, 0.1) is 5.82 Å². The van der Waals surface area contributed by atoms with Crippen LogP contribution < -0.4 is 5.73 Å². The molecule has 17 heavy (non-hydrogen) atoms. The van der Waals surface area contributed by atoms with Crippen molar-refractivity contribution in [3.8, 4) is 0 Å². The van der Waals surface area contributed by atoms with Crippen molar-refractivity contribution < 1.29 is 32.6 Å². The number of hydrogen-bond donors (Lipinski definition) is 3. The standard InChI is InChI=1S/C9H7F4NO3/c10-4-2-1-3(7(15)8(16)17)6(14)5(4)9(11,12)13/h1-2,7,15H,14H2,(H,16,17). The molecule has 8 heteroatoms. The van der Waals surface area contributed by atoms with Crippen molar-refractivity contribution in [1.29, 1.82) is 0 Å². The van der Waals surface area contributed by atoms with Crippen molar-refractivity contribution in [2.45, 2.75) is 12.3 Å². The largest absolute Gasteiger partial charge is 0.479 e. The SMILES string of the molecule is Nc1c(C(O)C(=O)O)ccc(F)c1C(F)(F)F. The van der Waals surface area contributed by atoms with E-state index in [0.29, 0.717) is 12.1 Å². The molecule has 0 saturated heterocycles. The van der Waals surface area contributed by atoms with Crippen LogP contribution in [0.25, 0.3) is 0 Å². The number of carboxylic acid groups (broad SMARTS) is 1. The van der Waals surface area contributed by atoms with E-state index in [4.69, 9.17) is 15.9 Å². The van der Waals surface area contributed by atoms with E-state index in [1.807, 2.05) is 0 Å². The highest BCUT2D eigenvalue weighted by atomic mass is 19.4. The van der Waals surface area contributed by atoms with E-state index >= 15 is 0 Å². The molecule has 4 N–H and O–H groups in total. The first-order chi connectivity index (χ1) is 7.66. The molecule has 1 atom stereocenters. The molecule has 0 amide bonds. The number of nitrogens with two attached hydrogens (primary N) is 1. The molecular formula is C9H7F4NO3. The number of halogens is 4. The lowest BCUT2D eigenvalue weighted by Crippen LogP contribution is -2.18. The smallest absolute Gasteiger partial charge is 0.421 e. The Kier molecular flexibility index (Phi) is 3.28. The fourth-order valence-electron chi connectivity index (χ4n) is 1.27. The summed E-state index contributed by atoms with van der Waals surface area (Å²) in [7, 11) is 0. The number of aliphatic hydroxyl groups excluding tert-OH is 1. The average molecular weight is 253 g/mol. The van der Waals surface area contributed by atoms with Crippen LogP contribution in [0.4, 0.5) is 23.2 Å². The van der Waals surface area contributed by atoms with Crippen LogP contribution in [-0.2, 0) is 11.0 Å². The summed E-state index contributed by atoms with van der Waals surface area (Å²) >= 11 is 0. The minimum Gasteiger partial charge on any atom is -0.479 e. The topological polar surface area (TPSA) is 83.5 Å². The summed E-state index contributed by atoms with van der Waals surface area (Å²) in [5, 5.41) is 17.5. The molecule has 94 valence electrons. The van der Waals surface area contributed by atoms with E-state index in [-0.39, 0.29) is 0 Å². The number of anilines is 1. The highest BCUT2D eigenvalue weighted by Gasteiger charge is 2.38. The molecule has 0 aromatic heterocycles. The summed E-state index contributed by atoms with van der Waals surface area (Å²) in [6, 6.07) is 1.10. The number of rotatable bonds is 2. The van der Waals surface area contributed by atoms with Crippen molar-refractivity contribution in [1.82, 2.24) is 0 Å². The normalized spacial score (nSPS) is 13.5. The molecule has 1 aromatic carbocycles. The maximum Gasteiger partial charge on any atom is 0.421 e. The Labute approximate surface area is 92.3 Å². The van der Waals surface area contributed by atoms with Gasteiger partial charge in [0.25, 0.3) is 0 Å². The first-order valence-corrected chi connectivity index (χ1v) is 4.22. The lowest BCUT2D eigenvalue weighted by atomic mass is 10.0. The highest BCUT2D eigenvalue weighted by molar-refractivity contribution is 5.77. The molecule has 1 rings (SSSR count). The fraction of sp³-hybridized carbons (Fsp3) is 0.222. The molecular weight excluding hydrogens is 246 g/mol. The third kappa shape index (κ3) is 2.47. The van der Waals surface area contributed by atoms with E-state index in [9.17, 15) is 22.4 Å². The molecule has 1 unspecified atom stereocenters. The Morgan fingerprint density at radius 1 is 1.35 bits per heavy atom. The summed E-state index contributed by atoms with van der Waals surface area (Å²) in [5.41, 5.74) is 1.41. The zero-order valence-electron chi connectivity index (χ0n) is 8.12. The Morgan fingerprint density at radius 2 is 1.88 bits per heavy atom. The van der Waals surface area contributed by atoms with Gasteiger partial charge < -0.3 is 15.9 Å². The first kappa shape index (κ1) is 13.2. The number of aliphatic hydroxyl groups is 1. The molecule has 0 saturated carbocycles. The van der Waals surface area contributed by atoms with E-state index < -0.39 is 40.9 Å². The van der Waals surface area contributed by atoms with Gasteiger partial charge in [-0.2, -0.15) is 13.2 Å². The van der Waals surface area contributed by atoms with Gasteiger partial charge in [0.15, 0.2) is 6.10 Å². The van der Waals surface area contributed by atoms with E-state index in [1.54, 1.807) is 0 Å². The lowest BCUT2D eigenvalue weighted by molar-refractivity contribution is -0.147. The molecule has 0 spiro atoms. The van der Waals surface area contributed by atoms with Gasteiger partial charge in [0, 0.05) is 5.56 Å². The number of aliphatic carboxylic acids is 1. The van der Waals surface area contributed by atoms with Crippen molar-refractivity contribution in [2.75, 3.05) is 5.73 Å². The quantitative estimate of drug-likeness (QED) is 0.551. The number of carboxylic acids is 1. The second-order valence-corrected chi connectivity index (χ2v) is 3.16. The summed E-state index contributed by atoms with van der Waals surface area (Å²) < 4.78 is 50.2. The van der Waals surface area contributed by atoms with Gasteiger partial charge in [-0.15, -0.1) is 0 Å². The van der Waals surface area contributed by atoms with Crippen LogP contribution in [0.2, 0.25) is 0 Å². The third-order valence-electron chi connectivity index (χ3n) is 2.04. The average Bonchev–Trinajstić information content (AvgIpc) is 2.14.